The van der Waals surface area contributed by atoms with Crippen LogP contribution < -0.4 is 0 Å². The lowest BCUT2D eigenvalue weighted by Gasteiger charge is -2.28. The van der Waals surface area contributed by atoms with Crippen LogP contribution in [0.3, 0.4) is 0 Å². The average Bonchev–Trinajstić information content (AvgIpc) is 3.19. The molecule has 0 spiro atoms. The molecule has 2 aromatic carbocycles. The molecule has 1 amide bonds. The molecule has 2 heterocycles. The molecule has 9 heteroatoms. The lowest BCUT2D eigenvalue weighted by atomic mass is 10.1. The third-order valence-corrected chi connectivity index (χ3v) is 8.83. The van der Waals surface area contributed by atoms with Gasteiger partial charge >= 0.3 is 0 Å². The van der Waals surface area contributed by atoms with Gasteiger partial charge in [0.1, 0.15) is 4.88 Å². The van der Waals surface area contributed by atoms with E-state index in [0.717, 1.165) is 10.3 Å². The molecule has 1 saturated heterocycles. The van der Waals surface area contributed by atoms with Crippen molar-refractivity contribution in [2.75, 3.05) is 11.5 Å². The van der Waals surface area contributed by atoms with Crippen molar-refractivity contribution in [3.05, 3.63) is 68.0 Å². The molecular formula is C20H16Cl3NO3S2. The van der Waals surface area contributed by atoms with Crippen molar-refractivity contribution in [2.24, 2.45) is 0 Å². The number of fused-ring (bicyclic) bond motifs is 1. The molecule has 0 bridgehead atoms. The molecule has 0 saturated carbocycles. The summed E-state index contributed by atoms with van der Waals surface area (Å²) in [6.45, 7) is 0.304. The van der Waals surface area contributed by atoms with Crippen LogP contribution in [0.15, 0.2) is 42.5 Å². The number of hydrogen-bond donors (Lipinski definition) is 0. The Morgan fingerprint density at radius 3 is 2.52 bits per heavy atom. The van der Waals surface area contributed by atoms with E-state index in [0.29, 0.717) is 33.3 Å². The van der Waals surface area contributed by atoms with Crippen LogP contribution in [0.2, 0.25) is 15.1 Å². The normalized spacial score (nSPS) is 18.2. The number of carbonyl (C=O) groups is 1. The van der Waals surface area contributed by atoms with E-state index in [9.17, 15) is 13.2 Å². The topological polar surface area (TPSA) is 54.5 Å². The number of benzene rings is 2. The van der Waals surface area contributed by atoms with Crippen molar-refractivity contribution in [2.45, 2.75) is 19.0 Å². The lowest BCUT2D eigenvalue weighted by Crippen LogP contribution is -2.40. The van der Waals surface area contributed by atoms with Gasteiger partial charge in [-0.05, 0) is 24.1 Å². The van der Waals surface area contributed by atoms with Crippen LogP contribution >= 0.6 is 46.1 Å². The van der Waals surface area contributed by atoms with E-state index in [4.69, 9.17) is 34.8 Å². The Morgan fingerprint density at radius 2 is 1.86 bits per heavy atom. The molecule has 0 unspecified atom stereocenters. The quantitative estimate of drug-likeness (QED) is 0.474. The number of rotatable bonds is 4. The molecule has 1 atom stereocenters. The fourth-order valence-corrected chi connectivity index (χ4v) is 7.61. The van der Waals surface area contributed by atoms with Crippen LogP contribution in [-0.2, 0) is 16.4 Å². The first-order valence-electron chi connectivity index (χ1n) is 8.87. The van der Waals surface area contributed by atoms with E-state index in [1.54, 1.807) is 17.0 Å². The molecule has 1 fully saturated rings. The van der Waals surface area contributed by atoms with Crippen molar-refractivity contribution in [1.29, 1.82) is 0 Å². The van der Waals surface area contributed by atoms with Gasteiger partial charge in [0.05, 0.1) is 21.6 Å². The largest absolute Gasteiger partial charge is 0.330 e. The molecule has 29 heavy (non-hydrogen) atoms. The van der Waals surface area contributed by atoms with Gasteiger partial charge in [-0.2, -0.15) is 0 Å². The Balaban J connectivity index is 1.76. The molecule has 3 aromatic rings. The zero-order valence-electron chi connectivity index (χ0n) is 15.1. The Bertz CT molecular complexity index is 1190. The van der Waals surface area contributed by atoms with Gasteiger partial charge in [-0.15, -0.1) is 11.3 Å². The van der Waals surface area contributed by atoms with Crippen LogP contribution in [0, 0.1) is 0 Å². The highest BCUT2D eigenvalue weighted by Gasteiger charge is 2.36. The van der Waals surface area contributed by atoms with Crippen LogP contribution in [0.1, 0.15) is 21.7 Å². The van der Waals surface area contributed by atoms with Crippen LogP contribution in [-0.4, -0.2) is 36.8 Å². The smallest absolute Gasteiger partial charge is 0.266 e. The summed E-state index contributed by atoms with van der Waals surface area (Å²) >= 11 is 20.1. The maximum Gasteiger partial charge on any atom is 0.266 e. The highest BCUT2D eigenvalue weighted by atomic mass is 35.5. The number of hydrogen-bond acceptors (Lipinski definition) is 4. The highest BCUT2D eigenvalue weighted by Crippen LogP contribution is 2.42. The Morgan fingerprint density at radius 1 is 1.14 bits per heavy atom. The molecule has 0 aliphatic carbocycles. The van der Waals surface area contributed by atoms with Crippen LogP contribution in [0.5, 0.6) is 0 Å². The van der Waals surface area contributed by atoms with Gasteiger partial charge in [0.15, 0.2) is 9.84 Å². The molecule has 1 aromatic heterocycles. The van der Waals surface area contributed by atoms with Gasteiger partial charge in [-0.3, -0.25) is 4.79 Å². The highest BCUT2D eigenvalue weighted by molar-refractivity contribution is 7.91. The van der Waals surface area contributed by atoms with Crippen molar-refractivity contribution < 1.29 is 13.2 Å². The van der Waals surface area contributed by atoms with Crippen molar-refractivity contribution in [1.82, 2.24) is 4.90 Å². The third kappa shape index (κ3) is 4.28. The number of thiophene rings is 1. The predicted octanol–water partition coefficient (Wildman–Crippen LogP) is 5.69. The summed E-state index contributed by atoms with van der Waals surface area (Å²) in [7, 11) is -3.16. The second-order valence-corrected chi connectivity index (χ2v) is 11.5. The second kappa shape index (κ2) is 8.08. The molecule has 0 radical (unpaired) electrons. The fourth-order valence-electron chi connectivity index (χ4n) is 3.55. The van der Waals surface area contributed by atoms with E-state index in [1.807, 2.05) is 30.3 Å². The predicted molar refractivity (Wildman–Crippen MR) is 120 cm³/mol. The van der Waals surface area contributed by atoms with Crippen LogP contribution in [0.25, 0.3) is 10.1 Å². The summed E-state index contributed by atoms with van der Waals surface area (Å²) in [5, 5.41) is 1.70. The first kappa shape index (κ1) is 20.9. The minimum absolute atomic E-state index is 0.0410. The summed E-state index contributed by atoms with van der Waals surface area (Å²) < 4.78 is 24.8. The number of carbonyl (C=O) groups excluding carboxylic acids is 1. The summed E-state index contributed by atoms with van der Waals surface area (Å²) in [6, 6.07) is 12.4. The lowest BCUT2D eigenvalue weighted by molar-refractivity contribution is 0.0686. The Hall–Kier alpha value is -1.31. The van der Waals surface area contributed by atoms with Crippen molar-refractivity contribution >= 4 is 72.0 Å². The third-order valence-electron chi connectivity index (χ3n) is 4.95. The van der Waals surface area contributed by atoms with Crippen molar-refractivity contribution in [3.8, 4) is 0 Å². The molecular weight excluding hydrogens is 473 g/mol. The Kier molecular flexibility index (Phi) is 5.84. The maximum absolute atomic E-state index is 13.5. The van der Waals surface area contributed by atoms with E-state index < -0.39 is 15.9 Å². The van der Waals surface area contributed by atoms with E-state index in [2.05, 4.69) is 0 Å². The summed E-state index contributed by atoms with van der Waals surface area (Å²) in [4.78, 5) is 15.5. The molecule has 4 rings (SSSR count). The minimum atomic E-state index is -3.16. The molecule has 152 valence electrons. The summed E-state index contributed by atoms with van der Waals surface area (Å²) in [5.74, 6) is -0.257. The zero-order valence-corrected chi connectivity index (χ0v) is 19.0. The molecule has 4 nitrogen and oxygen atoms in total. The number of halogens is 3. The monoisotopic (exact) mass is 487 g/mol. The summed E-state index contributed by atoms with van der Waals surface area (Å²) in [5.41, 5.74) is 0.920. The average molecular weight is 489 g/mol. The van der Waals surface area contributed by atoms with Crippen molar-refractivity contribution in [3.63, 3.8) is 0 Å². The zero-order chi connectivity index (χ0) is 20.8. The van der Waals surface area contributed by atoms with E-state index in [-0.39, 0.29) is 22.4 Å². The maximum atomic E-state index is 13.5. The fraction of sp³-hybridized carbons (Fsp3) is 0.250. The van der Waals surface area contributed by atoms with Gasteiger partial charge in [-0.1, -0.05) is 65.1 Å². The molecule has 1 aliphatic rings. The van der Waals surface area contributed by atoms with Gasteiger partial charge in [0.25, 0.3) is 5.91 Å². The van der Waals surface area contributed by atoms with Gasteiger partial charge in [-0.25, -0.2) is 8.42 Å². The SMILES string of the molecule is O=C(c1sc2cc(Cl)cc(Cl)c2c1Cl)N(Cc1ccccc1)[C@@H]1CCS(=O)(=O)C1. The Labute approximate surface area is 187 Å². The van der Waals surface area contributed by atoms with E-state index >= 15 is 0 Å². The second-order valence-electron chi connectivity index (χ2n) is 6.98. The molecule has 0 N–H and O–H groups in total. The minimum Gasteiger partial charge on any atom is -0.330 e. The number of sulfone groups is 1. The van der Waals surface area contributed by atoms with Gasteiger partial charge in [0.2, 0.25) is 0 Å². The molecule has 1 aliphatic heterocycles. The number of amides is 1. The van der Waals surface area contributed by atoms with Gasteiger partial charge < -0.3 is 4.90 Å². The van der Waals surface area contributed by atoms with Crippen LogP contribution in [0.4, 0.5) is 0 Å². The standard InChI is InChI=1S/C20H16Cl3NO3S2/c21-13-8-15(22)17-16(9-13)28-19(18(17)23)20(25)24(10-12-4-2-1-3-5-12)14-6-7-29(26,27)11-14/h1-5,8-9,14H,6-7,10-11H2/t14-/m1/s1. The van der Waals surface area contributed by atoms with Gasteiger partial charge in [0, 0.05) is 27.7 Å². The number of nitrogens with zero attached hydrogens (tertiary/aromatic N) is 1. The summed E-state index contributed by atoms with van der Waals surface area (Å²) in [6.07, 6.45) is 0.413. The van der Waals surface area contributed by atoms with E-state index in [1.165, 1.54) is 11.3 Å². The first-order valence-corrected chi connectivity index (χ1v) is 12.6. The first-order chi connectivity index (χ1) is 13.7.